The first-order chi connectivity index (χ1) is 18.2. The summed E-state index contributed by atoms with van der Waals surface area (Å²) in [7, 11) is 1.54. The number of benzene rings is 3. The zero-order chi connectivity index (χ0) is 27.7. The number of rotatable bonds is 11. The lowest BCUT2D eigenvalue weighted by Gasteiger charge is -2.19. The first-order valence-electron chi connectivity index (χ1n) is 11.8. The molecule has 2 amide bonds. The summed E-state index contributed by atoms with van der Waals surface area (Å²) in [5, 5.41) is 8.05. The van der Waals surface area contributed by atoms with Crippen molar-refractivity contribution in [2.75, 3.05) is 7.11 Å². The number of hydrazone groups is 1. The zero-order valence-electron chi connectivity index (χ0n) is 21.1. The minimum Gasteiger partial charge on any atom is -0.493 e. The van der Waals surface area contributed by atoms with E-state index in [9.17, 15) is 9.59 Å². The summed E-state index contributed by atoms with van der Waals surface area (Å²) in [5.41, 5.74) is 4.55. The van der Waals surface area contributed by atoms with Crippen LogP contribution in [0.5, 0.6) is 11.5 Å². The standard InChI is InChI=1S/C28H28BrCl2N3O4/c1-17(2)12-24(33-27(35)20-6-10-22(31)11-7-20)28(36)34-32-15-19-13-23(29)26(25(14-19)37-3)38-16-18-4-8-21(30)9-5-18/h4-11,13-15,17,24H,12,16H2,1-3H3,(H,33,35)(H,34,36). The highest BCUT2D eigenvalue weighted by atomic mass is 79.9. The van der Waals surface area contributed by atoms with E-state index in [0.717, 1.165) is 5.56 Å². The predicted molar refractivity (Wildman–Crippen MR) is 154 cm³/mol. The fourth-order valence-electron chi connectivity index (χ4n) is 3.48. The molecule has 1 unspecified atom stereocenters. The van der Waals surface area contributed by atoms with Crippen molar-refractivity contribution in [3.05, 3.63) is 91.9 Å². The van der Waals surface area contributed by atoms with Gasteiger partial charge < -0.3 is 14.8 Å². The molecule has 0 aliphatic rings. The summed E-state index contributed by atoms with van der Waals surface area (Å²) in [6.45, 7) is 4.27. The Kier molecular flexibility index (Phi) is 11.0. The molecule has 0 bridgehead atoms. The minimum atomic E-state index is -0.764. The summed E-state index contributed by atoms with van der Waals surface area (Å²) in [4.78, 5) is 25.5. The van der Waals surface area contributed by atoms with E-state index < -0.39 is 11.9 Å². The molecule has 0 saturated carbocycles. The molecule has 0 aromatic heterocycles. The fraction of sp³-hybridized carbons (Fsp3) is 0.250. The van der Waals surface area contributed by atoms with Gasteiger partial charge >= 0.3 is 0 Å². The number of ether oxygens (including phenoxy) is 2. The van der Waals surface area contributed by atoms with Crippen LogP contribution in [0.2, 0.25) is 10.0 Å². The Morgan fingerprint density at radius 3 is 2.26 bits per heavy atom. The minimum absolute atomic E-state index is 0.167. The molecule has 3 aromatic carbocycles. The quantitative estimate of drug-likeness (QED) is 0.186. The van der Waals surface area contributed by atoms with Crippen molar-refractivity contribution in [1.82, 2.24) is 10.7 Å². The van der Waals surface area contributed by atoms with Crippen molar-refractivity contribution in [2.45, 2.75) is 32.9 Å². The molecule has 0 aliphatic carbocycles. The second-order valence-electron chi connectivity index (χ2n) is 8.85. The number of carbonyl (C=O) groups excluding carboxylic acids is 2. The van der Waals surface area contributed by atoms with Crippen molar-refractivity contribution < 1.29 is 19.1 Å². The van der Waals surface area contributed by atoms with Gasteiger partial charge in [0.1, 0.15) is 12.6 Å². The molecule has 0 heterocycles. The summed E-state index contributed by atoms with van der Waals surface area (Å²) in [6.07, 6.45) is 1.93. The number of nitrogens with one attached hydrogen (secondary N) is 2. The van der Waals surface area contributed by atoms with Gasteiger partial charge in [-0.1, -0.05) is 49.2 Å². The third kappa shape index (κ3) is 8.75. The van der Waals surface area contributed by atoms with Crippen LogP contribution in [-0.4, -0.2) is 31.2 Å². The average Bonchev–Trinajstić information content (AvgIpc) is 2.88. The van der Waals surface area contributed by atoms with Gasteiger partial charge in [0.15, 0.2) is 11.5 Å². The maximum absolute atomic E-state index is 12.9. The highest BCUT2D eigenvalue weighted by Gasteiger charge is 2.22. The maximum Gasteiger partial charge on any atom is 0.262 e. The van der Waals surface area contributed by atoms with Crippen LogP contribution in [0.1, 0.15) is 41.8 Å². The molecule has 200 valence electrons. The number of halogens is 3. The van der Waals surface area contributed by atoms with E-state index in [1.807, 2.05) is 26.0 Å². The van der Waals surface area contributed by atoms with Gasteiger partial charge in [-0.25, -0.2) is 5.43 Å². The second-order valence-corrected chi connectivity index (χ2v) is 10.6. The third-order valence-electron chi connectivity index (χ3n) is 5.37. The van der Waals surface area contributed by atoms with E-state index in [-0.39, 0.29) is 11.8 Å². The Morgan fingerprint density at radius 1 is 1.03 bits per heavy atom. The van der Waals surface area contributed by atoms with Gasteiger partial charge in [0, 0.05) is 15.6 Å². The Morgan fingerprint density at radius 2 is 1.66 bits per heavy atom. The molecule has 0 spiro atoms. The van der Waals surface area contributed by atoms with Crippen LogP contribution in [0.3, 0.4) is 0 Å². The summed E-state index contributed by atoms with van der Waals surface area (Å²) in [6, 6.07) is 16.6. The number of carbonyl (C=O) groups is 2. The zero-order valence-corrected chi connectivity index (χ0v) is 24.2. The molecule has 7 nitrogen and oxygen atoms in total. The highest BCUT2D eigenvalue weighted by Crippen LogP contribution is 2.37. The molecule has 3 rings (SSSR count). The fourth-order valence-corrected chi connectivity index (χ4v) is 4.31. The molecular weight excluding hydrogens is 593 g/mol. The summed E-state index contributed by atoms with van der Waals surface area (Å²) >= 11 is 15.4. The van der Waals surface area contributed by atoms with Gasteiger partial charge in [-0.3, -0.25) is 9.59 Å². The van der Waals surface area contributed by atoms with E-state index in [1.54, 1.807) is 55.6 Å². The van der Waals surface area contributed by atoms with Crippen LogP contribution in [0.4, 0.5) is 0 Å². The Hall–Kier alpha value is -3.07. The largest absolute Gasteiger partial charge is 0.493 e. The molecule has 0 radical (unpaired) electrons. The van der Waals surface area contributed by atoms with E-state index in [1.165, 1.54) is 6.21 Å². The molecule has 38 heavy (non-hydrogen) atoms. The van der Waals surface area contributed by atoms with E-state index in [4.69, 9.17) is 32.7 Å². The van der Waals surface area contributed by atoms with E-state index in [2.05, 4.69) is 31.8 Å². The van der Waals surface area contributed by atoms with Gasteiger partial charge in [-0.15, -0.1) is 0 Å². The van der Waals surface area contributed by atoms with E-state index in [0.29, 0.717) is 50.2 Å². The molecule has 10 heteroatoms. The molecular formula is C28H28BrCl2N3O4. The smallest absolute Gasteiger partial charge is 0.262 e. The number of amides is 2. The normalized spacial score (nSPS) is 11.9. The lowest BCUT2D eigenvalue weighted by atomic mass is 10.0. The predicted octanol–water partition coefficient (Wildman–Crippen LogP) is 6.64. The van der Waals surface area contributed by atoms with Crippen molar-refractivity contribution in [1.29, 1.82) is 0 Å². The maximum atomic E-state index is 12.9. The lowest BCUT2D eigenvalue weighted by molar-refractivity contribution is -0.123. The first kappa shape index (κ1) is 29.5. The SMILES string of the molecule is COc1cc(C=NNC(=O)C(CC(C)C)NC(=O)c2ccc(Cl)cc2)cc(Br)c1OCc1ccc(Cl)cc1. The van der Waals surface area contributed by atoms with Crippen LogP contribution < -0.4 is 20.2 Å². The Bertz CT molecular complexity index is 1280. The Labute approximate surface area is 240 Å². The number of methoxy groups -OCH3 is 1. The molecule has 0 fully saturated rings. The summed E-state index contributed by atoms with van der Waals surface area (Å²) < 4.78 is 12.1. The molecule has 0 aliphatic heterocycles. The van der Waals surface area contributed by atoms with Gasteiger partial charge in [-0.2, -0.15) is 5.10 Å². The van der Waals surface area contributed by atoms with Gasteiger partial charge in [0.05, 0.1) is 17.8 Å². The van der Waals surface area contributed by atoms with Gasteiger partial charge in [-0.05, 0) is 87.9 Å². The van der Waals surface area contributed by atoms with Crippen LogP contribution in [0.25, 0.3) is 0 Å². The molecule has 0 saturated heterocycles. The monoisotopic (exact) mass is 619 g/mol. The van der Waals surface area contributed by atoms with Crippen molar-refractivity contribution in [2.24, 2.45) is 11.0 Å². The molecule has 1 atom stereocenters. The van der Waals surface area contributed by atoms with Crippen molar-refractivity contribution in [3.8, 4) is 11.5 Å². The number of hydrogen-bond acceptors (Lipinski definition) is 5. The first-order valence-corrected chi connectivity index (χ1v) is 13.3. The molecule has 3 aromatic rings. The summed E-state index contributed by atoms with van der Waals surface area (Å²) in [5.74, 6) is 0.404. The highest BCUT2D eigenvalue weighted by molar-refractivity contribution is 9.10. The van der Waals surface area contributed by atoms with Gasteiger partial charge in [0.25, 0.3) is 11.8 Å². The van der Waals surface area contributed by atoms with Crippen LogP contribution in [0, 0.1) is 5.92 Å². The molecule has 2 N–H and O–H groups in total. The lowest BCUT2D eigenvalue weighted by Crippen LogP contribution is -2.46. The van der Waals surface area contributed by atoms with Crippen LogP contribution >= 0.6 is 39.1 Å². The topological polar surface area (TPSA) is 89.0 Å². The van der Waals surface area contributed by atoms with Gasteiger partial charge in [0.2, 0.25) is 0 Å². The Balaban J connectivity index is 1.66. The van der Waals surface area contributed by atoms with E-state index >= 15 is 0 Å². The third-order valence-corrected chi connectivity index (χ3v) is 6.46. The van der Waals surface area contributed by atoms with Crippen molar-refractivity contribution in [3.63, 3.8) is 0 Å². The number of hydrogen-bond donors (Lipinski definition) is 2. The number of nitrogens with zero attached hydrogens (tertiary/aromatic N) is 1. The van der Waals surface area contributed by atoms with Crippen LogP contribution in [0.15, 0.2) is 70.2 Å². The van der Waals surface area contributed by atoms with Crippen LogP contribution in [-0.2, 0) is 11.4 Å². The average molecular weight is 621 g/mol. The second kappa shape index (κ2) is 14.2. The van der Waals surface area contributed by atoms with Crippen molar-refractivity contribution >= 4 is 57.2 Å².